The molecule has 48 heavy (non-hydrogen) atoms. The summed E-state index contributed by atoms with van der Waals surface area (Å²) >= 11 is 7.19. The standard InChI is InChI=1S/C40H40ClN2.BF4/c1-3-5-26-42-34(32-18-8-12-28-14-10-20-36(42)38(28)32)24-22-30-16-7-17-31(40(30)41)23-25-35-33-19-9-13-29-15-11-21-37(39(29)33)43(35)27-6-4-2;2-1(3,4)5/h8-15,18-25H,3-7,16-17,26-27H2,1-2H3;/q+1;-1. The molecule has 2 heterocycles. The van der Waals surface area contributed by atoms with Gasteiger partial charge in [-0.15, -0.1) is 0 Å². The first-order valence-electron chi connectivity index (χ1n) is 17.0. The van der Waals surface area contributed by atoms with Gasteiger partial charge in [-0.25, -0.2) is 0 Å². The summed E-state index contributed by atoms with van der Waals surface area (Å²) in [5.41, 5.74) is 7.76. The number of aryl methyl sites for hydroxylation is 1. The van der Waals surface area contributed by atoms with Crippen molar-refractivity contribution in [1.82, 2.24) is 4.57 Å². The molecule has 1 aliphatic carbocycles. The van der Waals surface area contributed by atoms with Crippen molar-refractivity contribution in [2.75, 3.05) is 6.54 Å². The lowest BCUT2D eigenvalue weighted by atomic mass is 9.93. The molecule has 0 bridgehead atoms. The second-order valence-corrected chi connectivity index (χ2v) is 12.9. The van der Waals surface area contributed by atoms with E-state index in [9.17, 15) is 17.3 Å². The summed E-state index contributed by atoms with van der Waals surface area (Å²) in [5, 5.41) is 8.91. The Morgan fingerprint density at radius 3 is 2.19 bits per heavy atom. The van der Waals surface area contributed by atoms with Crippen LogP contribution in [0.25, 0.3) is 38.5 Å². The van der Waals surface area contributed by atoms with Gasteiger partial charge in [-0.05, 0) is 65.8 Å². The van der Waals surface area contributed by atoms with Gasteiger partial charge in [0.05, 0.1) is 10.9 Å². The average molecular weight is 671 g/mol. The maximum atomic E-state index is 9.75. The zero-order valence-corrected chi connectivity index (χ0v) is 28.2. The van der Waals surface area contributed by atoms with Crippen LogP contribution in [0.15, 0.2) is 107 Å². The van der Waals surface area contributed by atoms with Gasteiger partial charge in [-0.2, -0.15) is 4.58 Å². The van der Waals surface area contributed by atoms with E-state index in [4.69, 9.17) is 11.6 Å². The first kappa shape index (κ1) is 33.8. The predicted octanol–water partition coefficient (Wildman–Crippen LogP) is 11.7. The third kappa shape index (κ3) is 7.02. The van der Waals surface area contributed by atoms with Crippen LogP contribution in [-0.2, 0) is 6.54 Å². The van der Waals surface area contributed by atoms with E-state index in [0.29, 0.717) is 0 Å². The highest BCUT2D eigenvalue weighted by Gasteiger charge is 2.30. The van der Waals surface area contributed by atoms with Crippen LogP contribution in [0.5, 0.6) is 0 Å². The third-order valence-corrected chi connectivity index (χ3v) is 9.78. The quantitative estimate of drug-likeness (QED) is 0.0838. The molecule has 2 nitrogen and oxygen atoms in total. The maximum absolute atomic E-state index is 9.75. The summed E-state index contributed by atoms with van der Waals surface area (Å²) < 4.78 is 44.0. The lowest BCUT2D eigenvalue weighted by molar-refractivity contribution is -0.436. The number of allylic oxidation sites excluding steroid dienone is 6. The average Bonchev–Trinajstić information content (AvgIpc) is 3.54. The molecule has 7 rings (SSSR count). The summed E-state index contributed by atoms with van der Waals surface area (Å²) in [7, 11) is -6.00. The van der Waals surface area contributed by atoms with Crippen LogP contribution in [0, 0.1) is 0 Å². The second kappa shape index (κ2) is 14.6. The fraction of sp³-hybridized carbons (Fsp3) is 0.275. The molecule has 1 aromatic heterocycles. The smallest absolute Gasteiger partial charge is 0.418 e. The van der Waals surface area contributed by atoms with Crippen molar-refractivity contribution >= 4 is 68.8 Å². The Hall–Kier alpha value is -4.10. The summed E-state index contributed by atoms with van der Waals surface area (Å²) in [6.45, 7) is 6.59. The van der Waals surface area contributed by atoms with E-state index in [1.165, 1.54) is 91.6 Å². The van der Waals surface area contributed by atoms with Gasteiger partial charge in [0.25, 0.3) is 0 Å². The van der Waals surface area contributed by atoms with Crippen molar-refractivity contribution in [3.63, 3.8) is 0 Å². The van der Waals surface area contributed by atoms with Crippen LogP contribution in [0.2, 0.25) is 0 Å². The molecule has 0 amide bonds. The summed E-state index contributed by atoms with van der Waals surface area (Å²) in [6.07, 6.45) is 17.1. The Bertz CT molecular complexity index is 2140. The van der Waals surface area contributed by atoms with Crippen LogP contribution in [-0.4, -0.2) is 28.7 Å². The topological polar surface area (TPSA) is 7.94 Å². The van der Waals surface area contributed by atoms with Gasteiger partial charge in [-0.3, -0.25) is 0 Å². The van der Waals surface area contributed by atoms with E-state index in [0.717, 1.165) is 37.4 Å². The minimum absolute atomic E-state index is 0.919. The molecule has 0 radical (unpaired) electrons. The zero-order valence-electron chi connectivity index (χ0n) is 27.5. The molecule has 0 fully saturated rings. The Kier molecular flexibility index (Phi) is 10.3. The minimum atomic E-state index is -6.00. The van der Waals surface area contributed by atoms with E-state index in [-0.39, 0.29) is 0 Å². The number of benzene rings is 4. The van der Waals surface area contributed by atoms with E-state index in [1.54, 1.807) is 0 Å². The molecular formula is C40H40BClF4N2. The lowest BCUT2D eigenvalue weighted by Crippen LogP contribution is -2.16. The van der Waals surface area contributed by atoms with Crippen molar-refractivity contribution in [1.29, 1.82) is 0 Å². The van der Waals surface area contributed by atoms with Crippen LogP contribution < -0.4 is 5.35 Å². The molecule has 2 aliphatic rings. The molecule has 8 heteroatoms. The van der Waals surface area contributed by atoms with Gasteiger partial charge in [0.15, 0.2) is 0 Å². The third-order valence-electron chi connectivity index (χ3n) is 9.29. The summed E-state index contributed by atoms with van der Waals surface area (Å²) in [5.74, 6) is 0. The molecule has 0 saturated heterocycles. The number of hydrogen-bond donors (Lipinski definition) is 0. The molecular weight excluding hydrogens is 631 g/mol. The Morgan fingerprint density at radius 2 is 1.46 bits per heavy atom. The van der Waals surface area contributed by atoms with Gasteiger partial charge in [0, 0.05) is 51.8 Å². The molecule has 1 aliphatic heterocycles. The van der Waals surface area contributed by atoms with Crippen LogP contribution in [0.4, 0.5) is 23.0 Å². The highest BCUT2D eigenvalue weighted by molar-refractivity contribution is 6.50. The molecule has 0 saturated carbocycles. The van der Waals surface area contributed by atoms with Crippen LogP contribution >= 0.6 is 11.6 Å². The highest BCUT2D eigenvalue weighted by Crippen LogP contribution is 2.37. The second-order valence-electron chi connectivity index (χ2n) is 12.5. The molecule has 4 aromatic carbocycles. The maximum Gasteiger partial charge on any atom is 0.673 e. The van der Waals surface area contributed by atoms with Crippen molar-refractivity contribution < 1.29 is 21.8 Å². The predicted molar refractivity (Wildman–Crippen MR) is 196 cm³/mol. The van der Waals surface area contributed by atoms with Gasteiger partial charge >= 0.3 is 7.25 Å². The largest absolute Gasteiger partial charge is 0.673 e. The minimum Gasteiger partial charge on any atom is -0.418 e. The SMILES string of the molecule is CCCCn1c(=CC=C2CCCC(C=CC3=[N+](CCCC)c4cccc5cccc3c45)=C2Cl)c2cccc3cccc1c32.F[B-](F)(F)F. The van der Waals surface area contributed by atoms with Gasteiger partial charge in [0.2, 0.25) is 11.4 Å². The summed E-state index contributed by atoms with van der Waals surface area (Å²) in [4.78, 5) is 0. The number of nitrogens with zero attached hydrogens (tertiary/aromatic N) is 2. The fourth-order valence-electron chi connectivity index (χ4n) is 7.11. The first-order valence-corrected chi connectivity index (χ1v) is 17.4. The van der Waals surface area contributed by atoms with Crippen molar-refractivity contribution in [3.8, 4) is 0 Å². The molecule has 0 unspecified atom stereocenters. The molecule has 248 valence electrons. The number of rotatable bonds is 9. The summed E-state index contributed by atoms with van der Waals surface area (Å²) in [6, 6.07) is 26.8. The molecule has 0 atom stereocenters. The van der Waals surface area contributed by atoms with Crippen molar-refractivity contribution in [2.45, 2.75) is 65.3 Å². The van der Waals surface area contributed by atoms with E-state index >= 15 is 0 Å². The zero-order chi connectivity index (χ0) is 33.8. The number of hydrogen-bond acceptors (Lipinski definition) is 0. The highest BCUT2D eigenvalue weighted by atomic mass is 35.5. The van der Waals surface area contributed by atoms with Crippen molar-refractivity contribution in [3.05, 3.63) is 118 Å². The normalized spacial score (nSPS) is 16.4. The monoisotopic (exact) mass is 670 g/mol. The Morgan fingerprint density at radius 1 is 0.792 bits per heavy atom. The number of halogens is 5. The fourth-order valence-corrected chi connectivity index (χ4v) is 7.43. The number of aromatic nitrogens is 1. The first-order chi connectivity index (χ1) is 23.2. The Balaban J connectivity index is 0.000000749. The molecule has 0 N–H and O–H groups in total. The van der Waals surface area contributed by atoms with Crippen LogP contribution in [0.3, 0.4) is 0 Å². The van der Waals surface area contributed by atoms with Gasteiger partial charge in [0.1, 0.15) is 6.54 Å². The Labute approximate surface area is 284 Å². The van der Waals surface area contributed by atoms with Gasteiger partial charge < -0.3 is 21.8 Å². The molecule has 0 spiro atoms. The number of unbranched alkanes of at least 4 members (excludes halogenated alkanes) is 2. The van der Waals surface area contributed by atoms with E-state index in [1.807, 2.05) is 0 Å². The van der Waals surface area contributed by atoms with Crippen LogP contribution in [0.1, 0.15) is 64.4 Å². The van der Waals surface area contributed by atoms with Gasteiger partial charge in [-0.1, -0.05) is 105 Å². The van der Waals surface area contributed by atoms with E-state index in [2.05, 4.69) is 120 Å². The molecule has 5 aromatic rings. The lowest BCUT2D eigenvalue weighted by Gasteiger charge is -2.16. The van der Waals surface area contributed by atoms with Crippen molar-refractivity contribution in [2.24, 2.45) is 0 Å². The van der Waals surface area contributed by atoms with E-state index < -0.39 is 7.25 Å².